The summed E-state index contributed by atoms with van der Waals surface area (Å²) in [5, 5.41) is 12.2. The van der Waals surface area contributed by atoms with E-state index in [9.17, 15) is 9.59 Å². The predicted molar refractivity (Wildman–Crippen MR) is 63.4 cm³/mol. The van der Waals surface area contributed by atoms with Gasteiger partial charge < -0.3 is 5.11 Å². The van der Waals surface area contributed by atoms with Gasteiger partial charge in [-0.15, -0.1) is 22.7 Å². The van der Waals surface area contributed by atoms with Crippen molar-refractivity contribution in [2.45, 2.75) is 6.42 Å². The van der Waals surface area contributed by atoms with E-state index in [1.807, 2.05) is 11.4 Å². The zero-order chi connectivity index (χ0) is 11.5. The Balaban J connectivity index is 2.19. The number of thiophene rings is 2. The Morgan fingerprint density at radius 2 is 2.06 bits per heavy atom. The molecule has 0 aliphatic heterocycles. The number of hydrogen-bond donors (Lipinski definition) is 1. The minimum Gasteiger partial charge on any atom is -0.481 e. The topological polar surface area (TPSA) is 54.4 Å². The van der Waals surface area contributed by atoms with Crippen molar-refractivity contribution >= 4 is 34.4 Å². The van der Waals surface area contributed by atoms with Gasteiger partial charge in [-0.2, -0.15) is 0 Å². The lowest BCUT2D eigenvalue weighted by atomic mass is 10.2. The van der Waals surface area contributed by atoms with Gasteiger partial charge in [-0.3, -0.25) is 9.59 Å². The lowest BCUT2D eigenvalue weighted by Gasteiger charge is -1.91. The average Bonchev–Trinajstić information content (AvgIpc) is 2.84. The first-order chi connectivity index (χ1) is 7.66. The molecule has 0 amide bonds. The van der Waals surface area contributed by atoms with Gasteiger partial charge in [-0.25, -0.2) is 0 Å². The third-order valence-corrected chi connectivity index (χ3v) is 3.82. The van der Waals surface area contributed by atoms with E-state index >= 15 is 0 Å². The fourth-order valence-corrected chi connectivity index (χ4v) is 2.90. The molecule has 0 saturated heterocycles. The van der Waals surface area contributed by atoms with Crippen molar-refractivity contribution in [2.24, 2.45) is 0 Å². The molecule has 2 heterocycles. The van der Waals surface area contributed by atoms with E-state index in [2.05, 4.69) is 0 Å². The highest BCUT2D eigenvalue weighted by molar-refractivity contribution is 7.15. The predicted octanol–water partition coefficient (Wildman–Crippen LogP) is 2.67. The number of carboxylic acids is 1. The van der Waals surface area contributed by atoms with Crippen LogP contribution in [0.25, 0.3) is 0 Å². The van der Waals surface area contributed by atoms with Crippen LogP contribution in [0, 0.1) is 0 Å². The molecular formula is C11H8O3S2. The Hall–Kier alpha value is -1.46. The molecule has 2 aromatic heterocycles. The van der Waals surface area contributed by atoms with Gasteiger partial charge in [0.2, 0.25) is 5.78 Å². The summed E-state index contributed by atoms with van der Waals surface area (Å²) >= 11 is 2.68. The Bertz CT molecular complexity index is 511. The molecule has 0 unspecified atom stereocenters. The van der Waals surface area contributed by atoms with Gasteiger partial charge in [0.15, 0.2) is 0 Å². The van der Waals surface area contributed by atoms with Crippen LogP contribution in [0.1, 0.15) is 20.1 Å². The number of rotatable bonds is 4. The van der Waals surface area contributed by atoms with Crippen LogP contribution in [0.5, 0.6) is 0 Å². The molecule has 0 spiro atoms. The van der Waals surface area contributed by atoms with Gasteiger partial charge in [0.05, 0.1) is 16.2 Å². The number of aliphatic carboxylic acids is 1. The van der Waals surface area contributed by atoms with Crippen molar-refractivity contribution < 1.29 is 14.7 Å². The highest BCUT2D eigenvalue weighted by atomic mass is 32.1. The third kappa shape index (κ3) is 2.37. The van der Waals surface area contributed by atoms with E-state index in [0.717, 1.165) is 0 Å². The van der Waals surface area contributed by atoms with Gasteiger partial charge in [0.1, 0.15) is 0 Å². The molecule has 16 heavy (non-hydrogen) atoms. The van der Waals surface area contributed by atoms with E-state index in [0.29, 0.717) is 15.3 Å². The Morgan fingerprint density at radius 3 is 2.69 bits per heavy atom. The van der Waals surface area contributed by atoms with Crippen molar-refractivity contribution in [1.82, 2.24) is 0 Å². The summed E-state index contributed by atoms with van der Waals surface area (Å²) in [7, 11) is 0. The molecule has 0 aromatic carbocycles. The minimum absolute atomic E-state index is 0.0309. The smallest absolute Gasteiger partial charge is 0.307 e. The van der Waals surface area contributed by atoms with Crippen LogP contribution in [0.15, 0.2) is 29.0 Å². The van der Waals surface area contributed by atoms with E-state index in [4.69, 9.17) is 5.11 Å². The highest BCUT2D eigenvalue weighted by Gasteiger charge is 2.13. The zero-order valence-corrected chi connectivity index (χ0v) is 9.81. The van der Waals surface area contributed by atoms with Crippen LogP contribution < -0.4 is 0 Å². The molecule has 82 valence electrons. The fraction of sp³-hybridized carbons (Fsp3) is 0.0909. The monoisotopic (exact) mass is 252 g/mol. The summed E-state index contributed by atoms with van der Waals surface area (Å²) < 4.78 is 0. The second kappa shape index (κ2) is 4.59. The van der Waals surface area contributed by atoms with Crippen molar-refractivity contribution in [2.75, 3.05) is 0 Å². The molecule has 0 radical (unpaired) electrons. The first-order valence-electron chi connectivity index (χ1n) is 4.54. The average molecular weight is 252 g/mol. The summed E-state index contributed by atoms with van der Waals surface area (Å²) in [4.78, 5) is 23.7. The van der Waals surface area contributed by atoms with Crippen LogP contribution >= 0.6 is 22.7 Å². The number of carboxylic acid groups (broad SMARTS) is 1. The summed E-state index contributed by atoms with van der Waals surface area (Å²) in [5.74, 6) is -0.912. The largest absolute Gasteiger partial charge is 0.481 e. The lowest BCUT2D eigenvalue weighted by molar-refractivity contribution is -0.136. The molecule has 0 aliphatic carbocycles. The Morgan fingerprint density at radius 1 is 1.25 bits per heavy atom. The van der Waals surface area contributed by atoms with Crippen LogP contribution in [0.2, 0.25) is 0 Å². The quantitative estimate of drug-likeness (QED) is 0.851. The van der Waals surface area contributed by atoms with Gasteiger partial charge in [0.25, 0.3) is 0 Å². The molecule has 3 nitrogen and oxygen atoms in total. The van der Waals surface area contributed by atoms with Gasteiger partial charge in [-0.05, 0) is 28.5 Å². The Labute approximate surface area is 100.0 Å². The molecular weight excluding hydrogens is 244 g/mol. The number of carbonyl (C=O) groups is 2. The molecule has 1 N–H and O–H groups in total. The van der Waals surface area contributed by atoms with Crippen LogP contribution in [0.4, 0.5) is 0 Å². The first kappa shape index (κ1) is 11.0. The molecule has 2 aromatic rings. The van der Waals surface area contributed by atoms with Crippen molar-refractivity contribution in [3.05, 3.63) is 44.3 Å². The van der Waals surface area contributed by atoms with Gasteiger partial charge >= 0.3 is 5.97 Å². The van der Waals surface area contributed by atoms with Crippen LogP contribution in [-0.2, 0) is 11.2 Å². The van der Waals surface area contributed by atoms with E-state index < -0.39 is 5.97 Å². The van der Waals surface area contributed by atoms with E-state index in [1.165, 1.54) is 22.7 Å². The van der Waals surface area contributed by atoms with Crippen molar-refractivity contribution in [3.63, 3.8) is 0 Å². The first-order valence-corrected chi connectivity index (χ1v) is 6.30. The van der Waals surface area contributed by atoms with E-state index in [-0.39, 0.29) is 12.2 Å². The molecule has 2 rings (SSSR count). The maximum Gasteiger partial charge on any atom is 0.307 e. The van der Waals surface area contributed by atoms with Gasteiger partial charge in [0, 0.05) is 0 Å². The van der Waals surface area contributed by atoms with Gasteiger partial charge in [-0.1, -0.05) is 6.07 Å². The van der Waals surface area contributed by atoms with Crippen molar-refractivity contribution in [1.29, 1.82) is 0 Å². The molecule has 0 saturated carbocycles. The molecule has 0 fully saturated rings. The summed E-state index contributed by atoms with van der Waals surface area (Å²) in [6.07, 6.45) is -0.0335. The number of ketones is 1. The highest BCUT2D eigenvalue weighted by Crippen LogP contribution is 2.21. The fourth-order valence-electron chi connectivity index (χ4n) is 1.29. The summed E-state index contributed by atoms with van der Waals surface area (Å²) in [6.45, 7) is 0. The Kier molecular flexibility index (Phi) is 3.17. The summed E-state index contributed by atoms with van der Waals surface area (Å²) in [5.41, 5.74) is 0.678. The van der Waals surface area contributed by atoms with Crippen molar-refractivity contribution in [3.8, 4) is 0 Å². The third-order valence-electron chi connectivity index (χ3n) is 1.98. The van der Waals surface area contributed by atoms with Crippen LogP contribution in [0.3, 0.4) is 0 Å². The SMILES string of the molecule is O=C(O)Cc1csc(C(=O)c2cccs2)c1. The maximum atomic E-state index is 11.9. The minimum atomic E-state index is -0.882. The molecule has 0 atom stereocenters. The second-order valence-corrected chi connectivity index (χ2v) is 5.06. The molecule has 0 aliphatic rings. The number of carbonyl (C=O) groups excluding carboxylic acids is 1. The molecule has 5 heteroatoms. The lowest BCUT2D eigenvalue weighted by Crippen LogP contribution is -1.99. The second-order valence-electron chi connectivity index (χ2n) is 3.20. The zero-order valence-electron chi connectivity index (χ0n) is 8.17. The normalized spacial score (nSPS) is 10.2. The summed E-state index contributed by atoms with van der Waals surface area (Å²) in [6, 6.07) is 5.24. The standard InChI is InChI=1S/C11H8O3S2/c12-10(13)5-7-4-9(16-6-7)11(14)8-2-1-3-15-8/h1-4,6H,5H2,(H,12,13). The maximum absolute atomic E-state index is 11.9. The van der Waals surface area contributed by atoms with E-state index in [1.54, 1.807) is 17.5 Å². The van der Waals surface area contributed by atoms with Crippen LogP contribution in [-0.4, -0.2) is 16.9 Å². The number of hydrogen-bond acceptors (Lipinski definition) is 4. The molecule has 0 bridgehead atoms.